The van der Waals surface area contributed by atoms with E-state index in [-0.39, 0.29) is 41.1 Å². The van der Waals surface area contributed by atoms with Gasteiger partial charge in [-0.15, -0.1) is 0 Å². The van der Waals surface area contributed by atoms with Gasteiger partial charge >= 0.3 is 5.97 Å². The molecule has 1 N–H and O–H groups in total. The van der Waals surface area contributed by atoms with Crippen LogP contribution in [-0.2, 0) is 0 Å². The van der Waals surface area contributed by atoms with Gasteiger partial charge in [0.25, 0.3) is 0 Å². The van der Waals surface area contributed by atoms with Gasteiger partial charge in [0.05, 0.1) is 11.7 Å². The number of carbonyl (C=O) groups excluding carboxylic acids is 1. The minimum atomic E-state index is -1.28. The third-order valence-corrected chi connectivity index (χ3v) is 7.01. The second kappa shape index (κ2) is 11.8. The van der Waals surface area contributed by atoms with E-state index in [1.807, 2.05) is 0 Å². The second-order valence-electron chi connectivity index (χ2n) is 9.44. The highest BCUT2D eigenvalue weighted by molar-refractivity contribution is 5.91. The second-order valence-corrected chi connectivity index (χ2v) is 9.44. The molecule has 4 nitrogen and oxygen atoms in total. The van der Waals surface area contributed by atoms with Crippen molar-refractivity contribution in [2.24, 2.45) is 5.92 Å². The van der Waals surface area contributed by atoms with Crippen LogP contribution >= 0.6 is 0 Å². The molecule has 0 aromatic heterocycles. The molecule has 3 aromatic carbocycles. The normalized spacial score (nSPS) is 18.1. The molecule has 0 spiro atoms. The lowest BCUT2D eigenvalue weighted by molar-refractivity contribution is 0.0728. The van der Waals surface area contributed by atoms with Crippen LogP contribution in [-0.4, -0.2) is 23.8 Å². The van der Waals surface area contributed by atoms with E-state index >= 15 is 0 Å². The number of ether oxygens (including phenoxy) is 2. The van der Waals surface area contributed by atoms with Gasteiger partial charge in [-0.3, -0.25) is 0 Å². The molecule has 1 atom stereocenters. The molecule has 0 saturated heterocycles. The Morgan fingerprint density at radius 2 is 1.63 bits per heavy atom. The van der Waals surface area contributed by atoms with Crippen LogP contribution in [0.15, 0.2) is 61.2 Å². The van der Waals surface area contributed by atoms with Crippen LogP contribution in [0.1, 0.15) is 54.4 Å². The molecule has 4 rings (SSSR count). The molecule has 0 aliphatic heterocycles. The van der Waals surface area contributed by atoms with Crippen molar-refractivity contribution in [2.45, 2.75) is 44.6 Å². The van der Waals surface area contributed by atoms with Crippen molar-refractivity contribution in [3.05, 3.63) is 95.6 Å². The summed E-state index contributed by atoms with van der Waals surface area (Å²) in [5, 5.41) is 9.76. The van der Waals surface area contributed by atoms with Gasteiger partial charge in [-0.2, -0.15) is 4.39 Å². The van der Waals surface area contributed by atoms with Crippen molar-refractivity contribution in [2.75, 3.05) is 6.61 Å². The first-order chi connectivity index (χ1) is 18.2. The summed E-state index contributed by atoms with van der Waals surface area (Å²) < 4.78 is 68.9. The lowest BCUT2D eigenvalue weighted by Gasteiger charge is -2.30. The molecule has 8 heteroatoms. The zero-order chi connectivity index (χ0) is 27.4. The summed E-state index contributed by atoms with van der Waals surface area (Å²) in [5.41, 5.74) is -0.0558. The van der Waals surface area contributed by atoms with Crippen molar-refractivity contribution < 1.29 is 36.9 Å². The van der Waals surface area contributed by atoms with E-state index in [2.05, 4.69) is 6.58 Å². The largest absolute Gasteiger partial charge is 0.486 e. The number of halogens is 4. The smallest absolute Gasteiger partial charge is 0.346 e. The monoisotopic (exact) mass is 528 g/mol. The first-order valence-corrected chi connectivity index (χ1v) is 12.4. The van der Waals surface area contributed by atoms with Crippen LogP contribution in [0, 0.1) is 29.2 Å². The molecule has 1 fully saturated rings. The lowest BCUT2D eigenvalue weighted by atomic mass is 9.76. The average Bonchev–Trinajstić information content (AvgIpc) is 2.91. The van der Waals surface area contributed by atoms with Crippen LogP contribution in [0.25, 0.3) is 11.1 Å². The van der Waals surface area contributed by atoms with E-state index < -0.39 is 40.9 Å². The van der Waals surface area contributed by atoms with Gasteiger partial charge in [-0.25, -0.2) is 18.0 Å². The predicted molar refractivity (Wildman–Crippen MR) is 135 cm³/mol. The number of aliphatic hydroxyl groups is 1. The minimum absolute atomic E-state index is 0.0193. The molecule has 0 amide bonds. The van der Waals surface area contributed by atoms with Crippen molar-refractivity contribution in [3.63, 3.8) is 0 Å². The lowest BCUT2D eigenvalue weighted by Crippen LogP contribution is -2.23. The van der Waals surface area contributed by atoms with E-state index in [0.29, 0.717) is 31.2 Å². The summed E-state index contributed by atoms with van der Waals surface area (Å²) in [7, 11) is 0. The van der Waals surface area contributed by atoms with E-state index in [4.69, 9.17) is 9.47 Å². The molecular formula is C30H28F4O4. The van der Waals surface area contributed by atoms with Crippen LogP contribution < -0.4 is 9.47 Å². The Hall–Kier alpha value is -3.65. The number of hydrogen-bond donors (Lipinski definition) is 1. The van der Waals surface area contributed by atoms with E-state index in [1.165, 1.54) is 54.6 Å². The van der Waals surface area contributed by atoms with Gasteiger partial charge in [0.2, 0.25) is 5.82 Å². The summed E-state index contributed by atoms with van der Waals surface area (Å²) in [6.45, 7) is 5.21. The Bertz CT molecular complexity index is 1310. The summed E-state index contributed by atoms with van der Waals surface area (Å²) in [5.74, 6) is -5.96. The van der Waals surface area contributed by atoms with E-state index in [9.17, 15) is 27.5 Å². The van der Waals surface area contributed by atoms with Crippen LogP contribution in [0.5, 0.6) is 11.5 Å². The zero-order valence-electron chi connectivity index (χ0n) is 20.9. The fourth-order valence-corrected chi connectivity index (χ4v) is 4.83. The quantitative estimate of drug-likeness (QED) is 0.144. The maximum Gasteiger partial charge on any atom is 0.346 e. The Balaban J connectivity index is 1.46. The third kappa shape index (κ3) is 5.75. The molecular weight excluding hydrogens is 500 g/mol. The topological polar surface area (TPSA) is 55.8 Å². The molecule has 1 saturated carbocycles. The minimum Gasteiger partial charge on any atom is -0.486 e. The van der Waals surface area contributed by atoms with Crippen molar-refractivity contribution in [1.29, 1.82) is 0 Å². The van der Waals surface area contributed by atoms with Crippen LogP contribution in [0.4, 0.5) is 17.6 Å². The van der Waals surface area contributed by atoms with Gasteiger partial charge < -0.3 is 14.6 Å². The first-order valence-electron chi connectivity index (χ1n) is 12.4. The molecule has 0 heterocycles. The Morgan fingerprint density at radius 3 is 2.26 bits per heavy atom. The highest BCUT2D eigenvalue weighted by Crippen LogP contribution is 2.39. The molecule has 3 aromatic rings. The number of rotatable bonds is 8. The van der Waals surface area contributed by atoms with Gasteiger partial charge in [-0.1, -0.05) is 30.9 Å². The molecule has 0 radical (unpaired) electrons. The highest BCUT2D eigenvalue weighted by Gasteiger charge is 2.29. The first kappa shape index (κ1) is 27.4. The molecule has 1 aliphatic rings. The highest BCUT2D eigenvalue weighted by atomic mass is 19.2. The number of hydrogen-bond acceptors (Lipinski definition) is 4. The van der Waals surface area contributed by atoms with Crippen LogP contribution in [0.3, 0.4) is 0 Å². The number of benzene rings is 3. The van der Waals surface area contributed by atoms with E-state index in [1.54, 1.807) is 6.92 Å². The van der Waals surface area contributed by atoms with Crippen LogP contribution in [0.2, 0.25) is 0 Å². The number of esters is 1. The van der Waals surface area contributed by atoms with Crippen molar-refractivity contribution in [1.82, 2.24) is 0 Å². The SMILES string of the molecule is C=CCOc1ccc(-c2ccc(OC(=O)c3ccc(C4CCC(C(C)O)CC4)c(F)c3F)cc2)c(F)c1F. The van der Waals surface area contributed by atoms with Gasteiger partial charge in [-0.05, 0) is 85.9 Å². The van der Waals surface area contributed by atoms with Crippen molar-refractivity contribution >= 4 is 5.97 Å². The predicted octanol–water partition coefficient (Wildman–Crippen LogP) is 7.35. The van der Waals surface area contributed by atoms with Gasteiger partial charge in [0, 0.05) is 5.56 Å². The number of carbonyl (C=O) groups is 1. The standard InChI is InChI=1S/C30H28F4O4/c1-3-16-37-25-15-14-23(27(32)29(25)34)20-8-10-21(11-9-20)38-30(36)24-13-12-22(26(31)28(24)33)19-6-4-18(5-7-19)17(2)35/h3,8-15,17-19,35H,1,4-7,16H2,2H3. The molecule has 1 unspecified atom stereocenters. The maximum atomic E-state index is 14.9. The Labute approximate surface area is 218 Å². The van der Waals surface area contributed by atoms with Gasteiger partial charge in [0.15, 0.2) is 23.2 Å². The van der Waals surface area contributed by atoms with E-state index in [0.717, 1.165) is 0 Å². The molecule has 38 heavy (non-hydrogen) atoms. The summed E-state index contributed by atoms with van der Waals surface area (Å²) in [6.07, 6.45) is 3.64. The van der Waals surface area contributed by atoms with Crippen molar-refractivity contribution in [3.8, 4) is 22.6 Å². The molecule has 200 valence electrons. The Morgan fingerprint density at radius 1 is 0.947 bits per heavy atom. The molecule has 0 bridgehead atoms. The zero-order valence-corrected chi connectivity index (χ0v) is 20.9. The molecule has 1 aliphatic carbocycles. The maximum absolute atomic E-state index is 14.9. The Kier molecular flexibility index (Phi) is 8.52. The summed E-state index contributed by atoms with van der Waals surface area (Å²) >= 11 is 0. The average molecular weight is 529 g/mol. The van der Waals surface area contributed by atoms with Gasteiger partial charge in [0.1, 0.15) is 12.4 Å². The fraction of sp³-hybridized carbons (Fsp3) is 0.300. The summed E-state index contributed by atoms with van der Waals surface area (Å²) in [6, 6.07) is 10.8. The number of aliphatic hydroxyl groups excluding tert-OH is 1. The summed E-state index contributed by atoms with van der Waals surface area (Å²) in [4.78, 5) is 12.6. The third-order valence-electron chi connectivity index (χ3n) is 7.01. The fourth-order valence-electron chi connectivity index (χ4n) is 4.83.